The Morgan fingerprint density at radius 2 is 1.77 bits per heavy atom. The smallest absolute Gasteiger partial charge is 0.329 e. The molecule has 0 spiro atoms. The van der Waals surface area contributed by atoms with Crippen molar-refractivity contribution < 1.29 is 33.4 Å². The summed E-state index contributed by atoms with van der Waals surface area (Å²) in [6.45, 7) is 5.68. The van der Waals surface area contributed by atoms with Crippen LogP contribution in [0.2, 0.25) is 0 Å². The Morgan fingerprint density at radius 3 is 2.48 bits per heavy atom. The fraction of sp³-hybridized carbons (Fsp3) is 0.432. The fourth-order valence-corrected chi connectivity index (χ4v) is 5.51. The number of pyridine rings is 1. The molecule has 1 saturated heterocycles. The van der Waals surface area contributed by atoms with E-state index >= 15 is 0 Å². The highest BCUT2D eigenvalue weighted by molar-refractivity contribution is 6.38. The van der Waals surface area contributed by atoms with E-state index in [-0.39, 0.29) is 12.5 Å². The number of hydrogen-bond acceptors (Lipinski definition) is 9. The van der Waals surface area contributed by atoms with E-state index < -0.39 is 35.2 Å². The maximum atomic E-state index is 13.9. The normalized spacial score (nSPS) is 15.2. The number of benzene rings is 2. The maximum absolute atomic E-state index is 13.9. The number of aromatic nitrogens is 1. The molecule has 2 atom stereocenters. The van der Waals surface area contributed by atoms with E-state index in [0.29, 0.717) is 67.2 Å². The third kappa shape index (κ3) is 9.33. The Hall–Kier alpha value is -4.93. The first-order valence-electron chi connectivity index (χ1n) is 16.4. The van der Waals surface area contributed by atoms with Crippen molar-refractivity contribution in [2.75, 3.05) is 37.9 Å². The van der Waals surface area contributed by atoms with Crippen LogP contribution < -0.4 is 20.1 Å². The summed E-state index contributed by atoms with van der Waals surface area (Å²) in [5.74, 6) is -0.204. The van der Waals surface area contributed by atoms with Gasteiger partial charge in [-0.25, -0.2) is 9.78 Å². The van der Waals surface area contributed by atoms with Crippen LogP contribution in [-0.4, -0.2) is 66.8 Å². The predicted molar refractivity (Wildman–Crippen MR) is 183 cm³/mol. The summed E-state index contributed by atoms with van der Waals surface area (Å²) < 4.78 is 17.1. The van der Waals surface area contributed by atoms with Crippen molar-refractivity contribution in [2.24, 2.45) is 5.41 Å². The molecule has 1 fully saturated rings. The first-order chi connectivity index (χ1) is 23.1. The molecule has 0 bridgehead atoms. The van der Waals surface area contributed by atoms with Crippen molar-refractivity contribution in [2.45, 2.75) is 71.4 Å². The first-order valence-corrected chi connectivity index (χ1v) is 16.4. The molecule has 48 heavy (non-hydrogen) atoms. The molecule has 1 aliphatic rings. The lowest BCUT2D eigenvalue weighted by atomic mass is 9.84. The second kappa shape index (κ2) is 16.8. The third-order valence-electron chi connectivity index (χ3n) is 8.77. The molecule has 256 valence electrons. The Balaban J connectivity index is 1.55. The number of hydrogen-bond donors (Lipinski definition) is 2. The van der Waals surface area contributed by atoms with Gasteiger partial charge in [0.05, 0.1) is 20.8 Å². The number of carbonyl (C=O) groups is 4. The molecule has 2 N–H and O–H groups in total. The van der Waals surface area contributed by atoms with E-state index in [9.17, 15) is 19.2 Å². The molecule has 0 aliphatic carbocycles. The zero-order valence-corrected chi connectivity index (χ0v) is 28.4. The summed E-state index contributed by atoms with van der Waals surface area (Å²) in [4.78, 5) is 58.7. The van der Waals surface area contributed by atoms with Crippen LogP contribution in [-0.2, 0) is 30.3 Å². The molecular weight excluding hydrogens is 612 g/mol. The molecule has 3 aromatic rings. The minimum absolute atomic E-state index is 0.0120. The van der Waals surface area contributed by atoms with Gasteiger partial charge in [0, 0.05) is 23.8 Å². The summed E-state index contributed by atoms with van der Waals surface area (Å²) in [5, 5.41) is 5.88. The summed E-state index contributed by atoms with van der Waals surface area (Å²) in [7, 11) is 3.14. The number of esters is 1. The number of rotatable bonds is 15. The molecule has 1 aromatic heterocycles. The van der Waals surface area contributed by atoms with Gasteiger partial charge >= 0.3 is 5.97 Å². The summed E-state index contributed by atoms with van der Waals surface area (Å²) >= 11 is 0. The monoisotopic (exact) mass is 658 g/mol. The highest BCUT2D eigenvalue weighted by Gasteiger charge is 2.41. The SMILES string of the molecule is CCC(C)(C)C(=O)C(=O)N1CCCC[C@H]1C(=O)O[C@H](CCc1ccc(OC)c(OC)c1)c1cccc(NC(=O)CNc2ccccn2)c1. The van der Waals surface area contributed by atoms with Gasteiger partial charge in [-0.2, -0.15) is 0 Å². The number of methoxy groups -OCH3 is 2. The molecule has 1 aliphatic heterocycles. The average Bonchev–Trinajstić information content (AvgIpc) is 3.12. The number of piperidine rings is 1. The predicted octanol–water partition coefficient (Wildman–Crippen LogP) is 5.75. The second-order valence-electron chi connectivity index (χ2n) is 12.5. The molecule has 11 heteroatoms. The van der Waals surface area contributed by atoms with E-state index in [1.807, 2.05) is 37.3 Å². The van der Waals surface area contributed by atoms with Crippen molar-refractivity contribution >= 4 is 35.1 Å². The van der Waals surface area contributed by atoms with Crippen molar-refractivity contribution in [3.8, 4) is 11.5 Å². The fourth-order valence-electron chi connectivity index (χ4n) is 5.51. The summed E-state index contributed by atoms with van der Waals surface area (Å²) in [6, 6.07) is 17.3. The lowest BCUT2D eigenvalue weighted by Crippen LogP contribution is -2.53. The van der Waals surface area contributed by atoms with Crippen LogP contribution in [0.1, 0.15) is 70.1 Å². The van der Waals surface area contributed by atoms with Crippen molar-refractivity contribution in [3.05, 3.63) is 78.0 Å². The quantitative estimate of drug-likeness (QED) is 0.154. The van der Waals surface area contributed by atoms with Crippen molar-refractivity contribution in [3.63, 3.8) is 0 Å². The molecule has 0 unspecified atom stereocenters. The number of anilines is 2. The van der Waals surface area contributed by atoms with E-state index in [2.05, 4.69) is 15.6 Å². The van der Waals surface area contributed by atoms with Crippen LogP contribution in [0.25, 0.3) is 0 Å². The lowest BCUT2D eigenvalue weighted by Gasteiger charge is -2.36. The number of nitrogens with zero attached hydrogens (tertiary/aromatic N) is 2. The van der Waals surface area contributed by atoms with Gasteiger partial charge in [-0.1, -0.05) is 45.0 Å². The molecule has 4 rings (SSSR count). The molecule has 2 heterocycles. The molecule has 11 nitrogen and oxygen atoms in total. The van der Waals surface area contributed by atoms with E-state index in [4.69, 9.17) is 14.2 Å². The highest BCUT2D eigenvalue weighted by atomic mass is 16.5. The number of nitrogens with one attached hydrogen (secondary N) is 2. The van der Waals surface area contributed by atoms with Gasteiger partial charge in [0.2, 0.25) is 11.7 Å². The number of ketones is 1. The zero-order valence-electron chi connectivity index (χ0n) is 28.4. The lowest BCUT2D eigenvalue weighted by molar-refractivity contribution is -0.164. The van der Waals surface area contributed by atoms with Crippen LogP contribution in [0.4, 0.5) is 11.5 Å². The van der Waals surface area contributed by atoms with Crippen molar-refractivity contribution in [1.82, 2.24) is 9.88 Å². The van der Waals surface area contributed by atoms with Crippen LogP contribution in [0, 0.1) is 5.41 Å². The Kier molecular flexibility index (Phi) is 12.5. The molecule has 2 aromatic carbocycles. The minimum atomic E-state index is -0.869. The topological polar surface area (TPSA) is 136 Å². The third-order valence-corrected chi connectivity index (χ3v) is 8.77. The van der Waals surface area contributed by atoms with Gasteiger partial charge in [0.25, 0.3) is 5.91 Å². The van der Waals surface area contributed by atoms with Gasteiger partial charge in [-0.15, -0.1) is 0 Å². The zero-order chi connectivity index (χ0) is 34.7. The second-order valence-corrected chi connectivity index (χ2v) is 12.5. The number of ether oxygens (including phenoxy) is 3. The van der Waals surface area contributed by atoms with Gasteiger partial charge in [-0.3, -0.25) is 14.4 Å². The van der Waals surface area contributed by atoms with Gasteiger partial charge in [0.15, 0.2) is 11.5 Å². The highest BCUT2D eigenvalue weighted by Crippen LogP contribution is 2.32. The average molecular weight is 659 g/mol. The minimum Gasteiger partial charge on any atom is -0.493 e. The van der Waals surface area contributed by atoms with Crippen LogP contribution in [0.5, 0.6) is 11.5 Å². The van der Waals surface area contributed by atoms with Crippen LogP contribution >= 0.6 is 0 Å². The van der Waals surface area contributed by atoms with Gasteiger partial charge < -0.3 is 29.7 Å². The number of likely N-dealkylation sites (tertiary alicyclic amines) is 1. The number of aryl methyl sites for hydroxylation is 1. The summed E-state index contributed by atoms with van der Waals surface area (Å²) in [6.07, 6.45) is 4.21. The van der Waals surface area contributed by atoms with Crippen LogP contribution in [0.15, 0.2) is 66.9 Å². The number of Topliss-reactive ketones (excluding diaryl/α,β-unsaturated/α-hetero) is 1. The van der Waals surface area contributed by atoms with Gasteiger partial charge in [0.1, 0.15) is 18.0 Å². The maximum Gasteiger partial charge on any atom is 0.329 e. The Bertz CT molecular complexity index is 1580. The molecule has 0 radical (unpaired) electrons. The van der Waals surface area contributed by atoms with Gasteiger partial charge in [-0.05, 0) is 86.1 Å². The number of carbonyl (C=O) groups excluding carboxylic acids is 4. The summed E-state index contributed by atoms with van der Waals surface area (Å²) in [5.41, 5.74) is 1.33. The Morgan fingerprint density at radius 1 is 0.979 bits per heavy atom. The molecular formula is C37H46N4O7. The largest absolute Gasteiger partial charge is 0.493 e. The van der Waals surface area contributed by atoms with E-state index in [0.717, 1.165) is 12.0 Å². The number of amides is 2. The molecule has 2 amide bonds. The van der Waals surface area contributed by atoms with Crippen LogP contribution in [0.3, 0.4) is 0 Å². The molecule has 0 saturated carbocycles. The standard InChI is InChI=1S/C37H46N4O7/c1-6-37(2,3)34(43)35(44)41-21-10-8-14-28(41)36(45)48-29(18-16-25-17-19-30(46-4)31(22-25)47-5)26-12-11-13-27(23-26)40-33(42)24-39-32-15-7-9-20-38-32/h7,9,11-13,15,17,19-20,22-23,28-29H,6,8,10,14,16,18,21,24H2,1-5H3,(H,38,39)(H,40,42)/t28-,29+/m0/s1. The van der Waals surface area contributed by atoms with E-state index in [1.54, 1.807) is 64.6 Å². The van der Waals surface area contributed by atoms with E-state index in [1.165, 1.54) is 4.90 Å². The Labute approximate surface area is 282 Å². The van der Waals surface area contributed by atoms with Crippen molar-refractivity contribution in [1.29, 1.82) is 0 Å². The first kappa shape index (κ1) is 35.9.